The van der Waals surface area contributed by atoms with Crippen molar-refractivity contribution in [1.82, 2.24) is 19.7 Å². The van der Waals surface area contributed by atoms with Crippen molar-refractivity contribution in [2.45, 2.75) is 6.92 Å². The summed E-state index contributed by atoms with van der Waals surface area (Å²) < 4.78 is 2.01. The Morgan fingerprint density at radius 3 is 2.53 bits per heavy atom. The molecule has 0 amide bonds. The molecular weight excluding hydrogens is 212 g/mol. The van der Waals surface area contributed by atoms with Crippen molar-refractivity contribution in [3.8, 4) is 16.8 Å². The molecule has 4 nitrogen and oxygen atoms in total. The number of rotatable bonds is 2. The van der Waals surface area contributed by atoms with E-state index in [-0.39, 0.29) is 0 Å². The van der Waals surface area contributed by atoms with Crippen LogP contribution in [0, 0.1) is 6.92 Å². The number of imidazole rings is 1. The molecule has 0 saturated carbocycles. The molecule has 0 aliphatic rings. The summed E-state index contributed by atoms with van der Waals surface area (Å²) in [6, 6.07) is 8.30. The monoisotopic (exact) mass is 224 g/mol. The molecule has 3 aromatic rings. The van der Waals surface area contributed by atoms with Gasteiger partial charge in [-0.05, 0) is 24.6 Å². The van der Waals surface area contributed by atoms with Gasteiger partial charge in [-0.25, -0.2) is 4.98 Å². The largest absolute Gasteiger partial charge is 0.306 e. The van der Waals surface area contributed by atoms with E-state index < -0.39 is 0 Å². The zero-order valence-electron chi connectivity index (χ0n) is 9.46. The summed E-state index contributed by atoms with van der Waals surface area (Å²) in [4.78, 5) is 4.21. The number of aromatic nitrogens is 4. The van der Waals surface area contributed by atoms with Gasteiger partial charge in [-0.15, -0.1) is 0 Å². The van der Waals surface area contributed by atoms with Crippen molar-refractivity contribution >= 4 is 0 Å². The number of hydrogen-bond donors (Lipinski definition) is 1. The van der Waals surface area contributed by atoms with E-state index in [2.05, 4.69) is 39.4 Å². The Bertz CT molecular complexity index is 605. The van der Waals surface area contributed by atoms with Gasteiger partial charge in [0.1, 0.15) is 0 Å². The molecule has 0 radical (unpaired) electrons. The molecule has 0 aliphatic carbocycles. The van der Waals surface area contributed by atoms with E-state index in [0.717, 1.165) is 22.5 Å². The highest BCUT2D eigenvalue weighted by Gasteiger charge is 2.00. The lowest BCUT2D eigenvalue weighted by atomic mass is 10.1. The van der Waals surface area contributed by atoms with Gasteiger partial charge in [-0.3, -0.25) is 5.10 Å². The number of nitrogens with zero attached hydrogens (tertiary/aromatic N) is 3. The first-order valence-corrected chi connectivity index (χ1v) is 5.43. The second kappa shape index (κ2) is 3.90. The number of hydrogen-bond acceptors (Lipinski definition) is 2. The van der Waals surface area contributed by atoms with Crippen LogP contribution in [0.2, 0.25) is 0 Å². The summed E-state index contributed by atoms with van der Waals surface area (Å²) >= 11 is 0. The van der Waals surface area contributed by atoms with Crippen LogP contribution in [-0.4, -0.2) is 19.7 Å². The third-order valence-electron chi connectivity index (χ3n) is 2.71. The van der Waals surface area contributed by atoms with Crippen molar-refractivity contribution in [3.63, 3.8) is 0 Å². The van der Waals surface area contributed by atoms with E-state index in [0.29, 0.717) is 0 Å². The molecule has 0 atom stereocenters. The van der Waals surface area contributed by atoms with Crippen molar-refractivity contribution in [2.24, 2.45) is 0 Å². The Morgan fingerprint density at radius 1 is 1.12 bits per heavy atom. The quantitative estimate of drug-likeness (QED) is 0.727. The van der Waals surface area contributed by atoms with Crippen molar-refractivity contribution in [1.29, 1.82) is 0 Å². The minimum atomic E-state index is 1.02. The molecule has 4 heteroatoms. The van der Waals surface area contributed by atoms with E-state index in [1.54, 1.807) is 0 Å². The van der Waals surface area contributed by atoms with Crippen molar-refractivity contribution < 1.29 is 0 Å². The second-order valence-electron chi connectivity index (χ2n) is 3.96. The molecule has 1 N–H and O–H groups in total. The predicted molar refractivity (Wildman–Crippen MR) is 65.9 cm³/mol. The van der Waals surface area contributed by atoms with Gasteiger partial charge in [0.15, 0.2) is 0 Å². The average molecular weight is 224 g/mol. The summed E-state index contributed by atoms with van der Waals surface area (Å²) in [5, 5.41) is 6.75. The van der Waals surface area contributed by atoms with Crippen LogP contribution in [0.25, 0.3) is 16.8 Å². The zero-order chi connectivity index (χ0) is 11.7. The predicted octanol–water partition coefficient (Wildman–Crippen LogP) is 2.57. The smallest absolute Gasteiger partial charge is 0.0995 e. The number of H-pyrrole nitrogens is 1. The Morgan fingerprint density at radius 2 is 1.94 bits per heavy atom. The molecule has 0 unspecified atom stereocenters. The lowest BCUT2D eigenvalue weighted by Gasteiger charge is -2.03. The zero-order valence-corrected chi connectivity index (χ0v) is 9.46. The molecule has 17 heavy (non-hydrogen) atoms. The number of nitrogens with one attached hydrogen (secondary N) is 1. The third-order valence-corrected chi connectivity index (χ3v) is 2.71. The maximum Gasteiger partial charge on any atom is 0.0995 e. The minimum Gasteiger partial charge on any atom is -0.306 e. The molecule has 0 saturated heterocycles. The van der Waals surface area contributed by atoms with Crippen LogP contribution < -0.4 is 0 Å². The number of aryl methyl sites for hydroxylation is 1. The summed E-state index contributed by atoms with van der Waals surface area (Å²) in [6.07, 6.45) is 7.53. The van der Waals surface area contributed by atoms with Gasteiger partial charge in [0.2, 0.25) is 0 Å². The van der Waals surface area contributed by atoms with E-state index in [1.165, 1.54) is 0 Å². The fourth-order valence-electron chi connectivity index (χ4n) is 1.80. The van der Waals surface area contributed by atoms with Gasteiger partial charge < -0.3 is 4.57 Å². The topological polar surface area (TPSA) is 46.5 Å². The minimum absolute atomic E-state index is 1.02. The molecule has 2 aromatic heterocycles. The van der Waals surface area contributed by atoms with Gasteiger partial charge in [0, 0.05) is 23.6 Å². The maximum absolute atomic E-state index is 4.21. The fraction of sp³-hybridized carbons (Fsp3) is 0.0769. The Labute approximate surface area is 98.9 Å². The highest BCUT2D eigenvalue weighted by Crippen LogP contribution is 2.19. The molecule has 0 aliphatic heterocycles. The summed E-state index contributed by atoms with van der Waals surface area (Å²) in [7, 11) is 0. The van der Waals surface area contributed by atoms with Crippen molar-refractivity contribution in [2.75, 3.05) is 0 Å². The molecule has 2 heterocycles. The Hall–Kier alpha value is -2.36. The highest BCUT2D eigenvalue weighted by atomic mass is 15.1. The van der Waals surface area contributed by atoms with E-state index >= 15 is 0 Å². The molecule has 84 valence electrons. The van der Waals surface area contributed by atoms with Gasteiger partial charge >= 0.3 is 0 Å². The first kappa shape index (κ1) is 9.84. The number of benzene rings is 1. The average Bonchev–Trinajstić information content (AvgIpc) is 3.00. The Balaban J connectivity index is 1.95. The van der Waals surface area contributed by atoms with Gasteiger partial charge in [0.25, 0.3) is 0 Å². The highest BCUT2D eigenvalue weighted by molar-refractivity contribution is 5.62. The van der Waals surface area contributed by atoms with Crippen molar-refractivity contribution in [3.05, 3.63) is 54.9 Å². The van der Waals surface area contributed by atoms with Crippen LogP contribution in [0.5, 0.6) is 0 Å². The SMILES string of the molecule is Cc1cn(-c2ccc(-c3cn[nH]c3)cc2)cn1. The summed E-state index contributed by atoms with van der Waals surface area (Å²) in [5.41, 5.74) is 4.37. The van der Waals surface area contributed by atoms with Gasteiger partial charge in [0.05, 0.1) is 18.2 Å². The van der Waals surface area contributed by atoms with Crippen LogP contribution in [0.4, 0.5) is 0 Å². The molecular formula is C13H12N4. The number of aromatic amines is 1. The van der Waals surface area contributed by atoms with Crippen LogP contribution in [0.3, 0.4) is 0 Å². The van der Waals surface area contributed by atoms with Crippen LogP contribution in [0.1, 0.15) is 5.69 Å². The molecule has 1 aromatic carbocycles. The molecule has 0 bridgehead atoms. The summed E-state index contributed by atoms with van der Waals surface area (Å²) in [6.45, 7) is 1.98. The molecule has 3 rings (SSSR count). The standard InChI is InChI=1S/C13H12N4/c1-10-8-17(9-14-10)13-4-2-11(3-5-13)12-6-15-16-7-12/h2-9H,1H3,(H,15,16). The first-order chi connectivity index (χ1) is 8.33. The maximum atomic E-state index is 4.21. The van der Waals surface area contributed by atoms with Crippen LogP contribution in [0.15, 0.2) is 49.2 Å². The second-order valence-corrected chi connectivity index (χ2v) is 3.96. The Kier molecular flexibility index (Phi) is 2.26. The summed E-state index contributed by atoms with van der Waals surface area (Å²) in [5.74, 6) is 0. The normalized spacial score (nSPS) is 10.6. The fourth-order valence-corrected chi connectivity index (χ4v) is 1.80. The molecule has 0 fully saturated rings. The van der Waals surface area contributed by atoms with Crippen LogP contribution in [-0.2, 0) is 0 Å². The molecule has 0 spiro atoms. The van der Waals surface area contributed by atoms with E-state index in [1.807, 2.05) is 36.4 Å². The van der Waals surface area contributed by atoms with Gasteiger partial charge in [-0.2, -0.15) is 5.10 Å². The third kappa shape index (κ3) is 1.85. The van der Waals surface area contributed by atoms with E-state index in [9.17, 15) is 0 Å². The van der Waals surface area contributed by atoms with E-state index in [4.69, 9.17) is 0 Å². The van der Waals surface area contributed by atoms with Crippen LogP contribution >= 0.6 is 0 Å². The first-order valence-electron chi connectivity index (χ1n) is 5.43. The van der Waals surface area contributed by atoms with Gasteiger partial charge in [-0.1, -0.05) is 12.1 Å². The lowest BCUT2D eigenvalue weighted by molar-refractivity contribution is 1.06. The lowest BCUT2D eigenvalue weighted by Crippen LogP contribution is -1.89.